The first-order valence-electron chi connectivity index (χ1n) is 9.16. The van der Waals surface area contributed by atoms with Crippen LogP contribution in [0.3, 0.4) is 0 Å². The average molecular weight is 427 g/mol. The van der Waals surface area contributed by atoms with Crippen LogP contribution in [0.15, 0.2) is 77.7 Å². The van der Waals surface area contributed by atoms with Gasteiger partial charge in [0.2, 0.25) is 0 Å². The van der Waals surface area contributed by atoms with E-state index in [0.717, 1.165) is 22.6 Å². The Kier molecular flexibility index (Phi) is 5.39. The first kappa shape index (κ1) is 20.2. The maximum atomic E-state index is 13.3. The Morgan fingerprint density at radius 1 is 0.800 bits per heavy atom. The van der Waals surface area contributed by atoms with Crippen molar-refractivity contribution in [3.63, 3.8) is 0 Å². The number of hydrogen-bond acceptors (Lipinski definition) is 3. The molecule has 7 heteroatoms. The van der Waals surface area contributed by atoms with E-state index in [1.54, 1.807) is 24.3 Å². The monoisotopic (exact) mass is 427 g/mol. The topological polar surface area (TPSA) is 37.4 Å². The van der Waals surface area contributed by atoms with Crippen LogP contribution >= 0.6 is 11.8 Å². The summed E-state index contributed by atoms with van der Waals surface area (Å²) in [6, 6.07) is 19.4. The van der Waals surface area contributed by atoms with Crippen molar-refractivity contribution in [3.05, 3.63) is 101 Å². The summed E-state index contributed by atoms with van der Waals surface area (Å²) in [5, 5.41) is 0. The van der Waals surface area contributed by atoms with E-state index in [0.29, 0.717) is 16.2 Å². The van der Waals surface area contributed by atoms with Gasteiger partial charge >= 0.3 is 6.18 Å². The fraction of sp³-hybridized carbons (Fsp3) is 0.130. The molecule has 152 valence electrons. The molecule has 0 aliphatic carbocycles. The van der Waals surface area contributed by atoms with E-state index in [-0.39, 0.29) is 17.7 Å². The smallest absolute Gasteiger partial charge is 0.270 e. The number of imide groups is 1. The third kappa shape index (κ3) is 3.98. The highest BCUT2D eigenvalue weighted by molar-refractivity contribution is 7.98. The molecule has 0 saturated heterocycles. The van der Waals surface area contributed by atoms with Gasteiger partial charge in [0.05, 0.1) is 23.2 Å². The number of benzene rings is 3. The number of fused-ring (bicyclic) bond motifs is 1. The molecule has 4 rings (SSSR count). The van der Waals surface area contributed by atoms with Gasteiger partial charge in [-0.1, -0.05) is 42.5 Å². The maximum Gasteiger partial charge on any atom is 0.416 e. The fourth-order valence-electron chi connectivity index (χ4n) is 3.31. The third-order valence-corrected chi connectivity index (χ3v) is 6.02. The fourth-order valence-corrected chi connectivity index (χ4v) is 4.30. The van der Waals surface area contributed by atoms with Crippen LogP contribution in [0.5, 0.6) is 0 Å². The van der Waals surface area contributed by atoms with Crippen LogP contribution in [-0.4, -0.2) is 16.7 Å². The summed E-state index contributed by atoms with van der Waals surface area (Å²) >= 11 is 1.37. The molecule has 1 aliphatic rings. The molecule has 0 radical (unpaired) electrons. The largest absolute Gasteiger partial charge is 0.416 e. The van der Waals surface area contributed by atoms with Gasteiger partial charge in [-0.15, -0.1) is 11.8 Å². The number of halogens is 3. The Balaban J connectivity index is 1.65. The van der Waals surface area contributed by atoms with E-state index in [1.165, 1.54) is 17.8 Å². The number of rotatable bonds is 5. The molecule has 3 aromatic carbocycles. The molecule has 0 spiro atoms. The van der Waals surface area contributed by atoms with Gasteiger partial charge in [-0.25, -0.2) is 0 Å². The number of carbonyl (C=O) groups is 2. The molecule has 3 nitrogen and oxygen atoms in total. The van der Waals surface area contributed by atoms with E-state index < -0.39 is 23.6 Å². The number of alkyl halides is 3. The van der Waals surface area contributed by atoms with Crippen molar-refractivity contribution in [2.24, 2.45) is 0 Å². The molecule has 0 unspecified atom stereocenters. The Bertz CT molecular complexity index is 1080. The number of carbonyl (C=O) groups excluding carboxylic acids is 2. The van der Waals surface area contributed by atoms with E-state index in [9.17, 15) is 22.8 Å². The molecule has 1 heterocycles. The highest BCUT2D eigenvalue weighted by Crippen LogP contribution is 2.35. The lowest BCUT2D eigenvalue weighted by Crippen LogP contribution is -2.29. The molecule has 0 bridgehead atoms. The molecule has 0 N–H and O–H groups in total. The summed E-state index contributed by atoms with van der Waals surface area (Å²) in [6.07, 6.45) is -4.51. The molecule has 1 aliphatic heterocycles. The Morgan fingerprint density at radius 2 is 1.40 bits per heavy atom. The molecule has 30 heavy (non-hydrogen) atoms. The van der Waals surface area contributed by atoms with E-state index in [2.05, 4.69) is 0 Å². The van der Waals surface area contributed by atoms with Gasteiger partial charge in [0.15, 0.2) is 0 Å². The van der Waals surface area contributed by atoms with Crippen molar-refractivity contribution in [2.45, 2.75) is 23.4 Å². The van der Waals surface area contributed by atoms with Crippen molar-refractivity contribution in [1.29, 1.82) is 0 Å². The van der Waals surface area contributed by atoms with Gasteiger partial charge in [0.25, 0.3) is 11.8 Å². The quantitative estimate of drug-likeness (QED) is 0.382. The van der Waals surface area contributed by atoms with Crippen molar-refractivity contribution >= 4 is 23.6 Å². The number of hydrogen-bond donors (Lipinski definition) is 0. The summed E-state index contributed by atoms with van der Waals surface area (Å²) in [6.45, 7) is -0.215. The van der Waals surface area contributed by atoms with Gasteiger partial charge in [-0.3, -0.25) is 14.5 Å². The van der Waals surface area contributed by atoms with Crippen LogP contribution in [0.1, 0.15) is 37.4 Å². The van der Waals surface area contributed by atoms with Gasteiger partial charge in [-0.05, 0) is 41.5 Å². The lowest BCUT2D eigenvalue weighted by molar-refractivity contribution is -0.137. The summed E-state index contributed by atoms with van der Waals surface area (Å²) in [4.78, 5) is 26.9. The summed E-state index contributed by atoms with van der Waals surface area (Å²) in [7, 11) is 0. The average Bonchev–Trinajstić information content (AvgIpc) is 2.98. The Morgan fingerprint density at radius 3 is 2.00 bits per heavy atom. The van der Waals surface area contributed by atoms with Crippen molar-refractivity contribution < 1.29 is 22.8 Å². The summed E-state index contributed by atoms with van der Waals surface area (Å²) in [5.74, 6) is -0.430. The molecule has 2 amide bonds. The van der Waals surface area contributed by atoms with Gasteiger partial charge < -0.3 is 0 Å². The minimum absolute atomic E-state index is 0.215. The zero-order valence-corrected chi connectivity index (χ0v) is 16.5. The highest BCUT2D eigenvalue weighted by Gasteiger charge is 2.36. The van der Waals surface area contributed by atoms with Gasteiger partial charge in [0.1, 0.15) is 0 Å². The summed E-state index contributed by atoms with van der Waals surface area (Å²) < 4.78 is 39.8. The van der Waals surface area contributed by atoms with Crippen molar-refractivity contribution in [2.75, 3.05) is 0 Å². The second-order valence-electron chi connectivity index (χ2n) is 6.84. The normalized spacial score (nSPS) is 13.6. The van der Waals surface area contributed by atoms with Gasteiger partial charge in [-0.2, -0.15) is 13.2 Å². The lowest BCUT2D eigenvalue weighted by atomic mass is 10.1. The molecule has 0 atom stereocenters. The van der Waals surface area contributed by atoms with Crippen LogP contribution in [0.4, 0.5) is 13.2 Å². The van der Waals surface area contributed by atoms with E-state index >= 15 is 0 Å². The maximum absolute atomic E-state index is 13.3. The molecule has 0 aromatic heterocycles. The molecular weight excluding hydrogens is 411 g/mol. The first-order chi connectivity index (χ1) is 14.3. The molecule has 0 saturated carbocycles. The second-order valence-corrected chi connectivity index (χ2v) is 7.85. The van der Waals surface area contributed by atoms with E-state index in [1.807, 2.05) is 30.3 Å². The zero-order chi connectivity index (χ0) is 21.3. The highest BCUT2D eigenvalue weighted by atomic mass is 32.2. The molecule has 3 aromatic rings. The van der Waals surface area contributed by atoms with Crippen LogP contribution in [0, 0.1) is 0 Å². The lowest BCUT2D eigenvalue weighted by Gasteiger charge is -2.18. The number of nitrogens with zero attached hydrogens (tertiary/aromatic N) is 1. The van der Waals surface area contributed by atoms with Crippen LogP contribution in [0.25, 0.3) is 0 Å². The predicted molar refractivity (Wildman–Crippen MR) is 108 cm³/mol. The van der Waals surface area contributed by atoms with Gasteiger partial charge in [0, 0.05) is 10.6 Å². The minimum Gasteiger partial charge on any atom is -0.270 e. The van der Waals surface area contributed by atoms with Crippen LogP contribution in [0.2, 0.25) is 0 Å². The van der Waals surface area contributed by atoms with Crippen molar-refractivity contribution in [3.8, 4) is 0 Å². The number of thioether (sulfide) groups is 1. The van der Waals surface area contributed by atoms with Crippen LogP contribution in [-0.2, 0) is 18.5 Å². The predicted octanol–water partition coefficient (Wildman–Crippen LogP) is 5.79. The SMILES string of the molecule is O=C1c2ccccc2C(=O)N1Cc1cc(C(F)(F)F)ccc1SCc1ccccc1. The standard InChI is InChI=1S/C23H16F3NO2S/c24-23(25,26)17-10-11-20(30-14-15-6-2-1-3-7-15)16(12-17)13-27-21(28)18-8-4-5-9-19(18)22(27)29/h1-12H,13-14H2. The third-order valence-electron chi connectivity index (χ3n) is 4.83. The Labute approximate surface area is 175 Å². The minimum atomic E-state index is -4.51. The van der Waals surface area contributed by atoms with Crippen LogP contribution < -0.4 is 0 Å². The molecular formula is C23H16F3NO2S. The van der Waals surface area contributed by atoms with Crippen molar-refractivity contribution in [1.82, 2.24) is 4.90 Å². The van der Waals surface area contributed by atoms with E-state index in [4.69, 9.17) is 0 Å². The first-order valence-corrected chi connectivity index (χ1v) is 10.2. The summed E-state index contributed by atoms with van der Waals surface area (Å²) in [5.41, 5.74) is 1.05. The zero-order valence-electron chi connectivity index (χ0n) is 15.6. The molecule has 0 fully saturated rings. The Hall–Kier alpha value is -3.06. The number of amides is 2. The second kappa shape index (κ2) is 7.99.